The van der Waals surface area contributed by atoms with Gasteiger partial charge in [-0.05, 0) is 146 Å². The lowest BCUT2D eigenvalue weighted by Crippen LogP contribution is -2.21. The lowest BCUT2D eigenvalue weighted by molar-refractivity contribution is 0.589. The summed E-state index contributed by atoms with van der Waals surface area (Å²) in [5, 5.41) is 0. The van der Waals surface area contributed by atoms with Crippen LogP contribution < -0.4 is 9.80 Å². The summed E-state index contributed by atoms with van der Waals surface area (Å²) in [6, 6.07) is 27.9. The van der Waals surface area contributed by atoms with E-state index in [2.05, 4.69) is 204 Å². The fraction of sp³-hybridized carbons (Fsp3) is 0.388. The molecule has 0 aromatic heterocycles. The highest BCUT2D eigenvalue weighted by molar-refractivity contribution is 5.83. The third-order valence-electron chi connectivity index (χ3n) is 10.7. The molecule has 0 fully saturated rings. The second-order valence-corrected chi connectivity index (χ2v) is 17.2. The minimum Gasteiger partial charge on any atom is -0.310 e. The molecule has 2 nitrogen and oxygen atoms in total. The van der Waals surface area contributed by atoms with Gasteiger partial charge in [0.25, 0.3) is 0 Å². The summed E-state index contributed by atoms with van der Waals surface area (Å²) in [6.07, 6.45) is 10.4. The van der Waals surface area contributed by atoms with E-state index < -0.39 is 0 Å². The van der Waals surface area contributed by atoms with Crippen LogP contribution in [0, 0.1) is 33.6 Å². The standard InChI is InChI=1S/C49H62N2/c1-15-33(4)39-18-22-43(23-19-39)51(47-36(7)30-41(31-37(47)8)49(12,13)14)45-26-24-44(25-27-45)50(42-20-16-38(17-21-42)32(2)3)46-34(5)28-40(29-35(46)6)48(9,10)11/h15-18,20-32,39H,19H2,1-14H3/b33-15-. The third-order valence-corrected chi connectivity index (χ3v) is 10.7. The van der Waals surface area contributed by atoms with Crippen molar-refractivity contribution in [2.24, 2.45) is 5.92 Å². The molecule has 1 unspecified atom stereocenters. The van der Waals surface area contributed by atoms with E-state index in [9.17, 15) is 0 Å². The predicted octanol–water partition coefficient (Wildman–Crippen LogP) is 14.7. The molecule has 0 heterocycles. The number of allylic oxidation sites excluding steroid dienone is 5. The van der Waals surface area contributed by atoms with Crippen molar-refractivity contribution in [3.8, 4) is 0 Å². The summed E-state index contributed by atoms with van der Waals surface area (Å²) in [6.45, 7) is 31.8. The van der Waals surface area contributed by atoms with E-state index in [0.717, 1.165) is 17.8 Å². The van der Waals surface area contributed by atoms with Crippen molar-refractivity contribution < 1.29 is 0 Å². The Morgan fingerprint density at radius 1 is 0.647 bits per heavy atom. The van der Waals surface area contributed by atoms with Gasteiger partial charge in [-0.1, -0.05) is 116 Å². The van der Waals surface area contributed by atoms with E-state index in [-0.39, 0.29) is 10.8 Å². The number of hydrogen-bond donors (Lipinski definition) is 0. The number of anilines is 5. The van der Waals surface area contributed by atoms with Crippen molar-refractivity contribution in [3.63, 3.8) is 0 Å². The molecule has 1 aliphatic rings. The third kappa shape index (κ3) is 8.12. The van der Waals surface area contributed by atoms with E-state index in [1.807, 2.05) is 0 Å². The Morgan fingerprint density at radius 2 is 1.04 bits per heavy atom. The lowest BCUT2D eigenvalue weighted by Gasteiger charge is -2.34. The van der Waals surface area contributed by atoms with Gasteiger partial charge >= 0.3 is 0 Å². The van der Waals surface area contributed by atoms with Gasteiger partial charge in [-0.25, -0.2) is 0 Å². The van der Waals surface area contributed by atoms with Crippen molar-refractivity contribution in [1.82, 2.24) is 0 Å². The number of aryl methyl sites for hydroxylation is 4. The van der Waals surface area contributed by atoms with Gasteiger partial charge in [0.05, 0.1) is 11.4 Å². The van der Waals surface area contributed by atoms with Gasteiger partial charge in [-0.15, -0.1) is 0 Å². The molecule has 0 amide bonds. The molecule has 0 saturated carbocycles. The number of nitrogens with zero attached hydrogens (tertiary/aromatic N) is 2. The molecule has 0 spiro atoms. The molecule has 1 atom stereocenters. The van der Waals surface area contributed by atoms with Crippen LogP contribution in [0.4, 0.5) is 28.4 Å². The van der Waals surface area contributed by atoms with Crippen LogP contribution in [0.15, 0.2) is 108 Å². The van der Waals surface area contributed by atoms with Gasteiger partial charge in [-0.3, -0.25) is 0 Å². The molecule has 0 saturated heterocycles. The maximum absolute atomic E-state index is 2.48. The topological polar surface area (TPSA) is 6.48 Å². The summed E-state index contributed by atoms with van der Waals surface area (Å²) in [5.41, 5.74) is 18.1. The van der Waals surface area contributed by atoms with Gasteiger partial charge in [0.15, 0.2) is 0 Å². The minimum atomic E-state index is 0.0814. The number of benzene rings is 4. The van der Waals surface area contributed by atoms with Gasteiger partial charge in [-0.2, -0.15) is 0 Å². The van der Waals surface area contributed by atoms with Crippen molar-refractivity contribution in [1.29, 1.82) is 0 Å². The Bertz CT molecular complexity index is 1900. The first-order valence-corrected chi connectivity index (χ1v) is 19.0. The molecule has 2 heteroatoms. The van der Waals surface area contributed by atoms with Crippen LogP contribution in [0.1, 0.15) is 121 Å². The first kappa shape index (κ1) is 37.9. The summed E-state index contributed by atoms with van der Waals surface area (Å²) in [4.78, 5) is 4.93. The molecule has 51 heavy (non-hydrogen) atoms. The zero-order valence-corrected chi connectivity index (χ0v) is 34.0. The highest BCUT2D eigenvalue weighted by Crippen LogP contribution is 2.44. The van der Waals surface area contributed by atoms with Gasteiger partial charge in [0.2, 0.25) is 0 Å². The molecule has 4 aromatic carbocycles. The molecule has 0 bridgehead atoms. The number of hydrogen-bond acceptors (Lipinski definition) is 2. The first-order valence-electron chi connectivity index (χ1n) is 19.0. The van der Waals surface area contributed by atoms with Gasteiger partial charge in [0.1, 0.15) is 0 Å². The zero-order chi connectivity index (χ0) is 37.4. The van der Waals surface area contributed by atoms with E-state index >= 15 is 0 Å². The largest absolute Gasteiger partial charge is 0.310 e. The van der Waals surface area contributed by atoms with Crippen LogP contribution in [-0.4, -0.2) is 0 Å². The van der Waals surface area contributed by atoms with Crippen LogP contribution in [0.25, 0.3) is 0 Å². The quantitative estimate of drug-likeness (QED) is 0.171. The first-order chi connectivity index (χ1) is 23.9. The molecule has 0 aliphatic heterocycles. The van der Waals surface area contributed by atoms with E-state index in [0.29, 0.717) is 11.8 Å². The Morgan fingerprint density at radius 3 is 1.39 bits per heavy atom. The molecule has 268 valence electrons. The maximum atomic E-state index is 2.48. The Labute approximate surface area is 310 Å². The van der Waals surface area contributed by atoms with E-state index in [4.69, 9.17) is 0 Å². The van der Waals surface area contributed by atoms with Crippen LogP contribution in [0.3, 0.4) is 0 Å². The SMILES string of the molecule is C/C=C(/C)C1C=CC(N(c2ccc(N(c3ccc(C(C)C)cc3)c3c(C)cc(C(C)(C)C)cc3C)cc2)c2c(C)cc(C(C)(C)C)cc2C)=CC1. The highest BCUT2D eigenvalue weighted by atomic mass is 15.2. The summed E-state index contributed by atoms with van der Waals surface area (Å²) < 4.78 is 0. The average molecular weight is 679 g/mol. The summed E-state index contributed by atoms with van der Waals surface area (Å²) in [7, 11) is 0. The Hall–Kier alpha value is -4.30. The molecule has 5 rings (SSSR count). The number of rotatable bonds is 8. The van der Waals surface area contributed by atoms with Crippen LogP contribution in [0.2, 0.25) is 0 Å². The fourth-order valence-corrected chi connectivity index (χ4v) is 7.38. The predicted molar refractivity (Wildman–Crippen MR) is 225 cm³/mol. The second kappa shape index (κ2) is 14.7. The minimum absolute atomic E-state index is 0.0814. The smallest absolute Gasteiger partial charge is 0.0520 e. The Balaban J connectivity index is 1.66. The van der Waals surface area contributed by atoms with Crippen molar-refractivity contribution in [3.05, 3.63) is 147 Å². The van der Waals surface area contributed by atoms with E-state index in [1.54, 1.807) is 0 Å². The van der Waals surface area contributed by atoms with Gasteiger partial charge < -0.3 is 9.80 Å². The monoisotopic (exact) mass is 678 g/mol. The summed E-state index contributed by atoms with van der Waals surface area (Å²) >= 11 is 0. The normalized spacial score (nSPS) is 15.3. The van der Waals surface area contributed by atoms with Crippen molar-refractivity contribution >= 4 is 28.4 Å². The van der Waals surface area contributed by atoms with E-state index in [1.165, 1.54) is 67.3 Å². The van der Waals surface area contributed by atoms with Gasteiger partial charge in [0, 0.05) is 28.7 Å². The molecule has 1 aliphatic carbocycles. The Kier molecular flexibility index (Phi) is 11.0. The van der Waals surface area contributed by atoms with Crippen molar-refractivity contribution in [2.45, 2.75) is 120 Å². The summed E-state index contributed by atoms with van der Waals surface area (Å²) in [5.74, 6) is 0.928. The van der Waals surface area contributed by atoms with Crippen LogP contribution in [-0.2, 0) is 10.8 Å². The molecule has 0 N–H and O–H groups in total. The van der Waals surface area contributed by atoms with Crippen LogP contribution in [0.5, 0.6) is 0 Å². The molecular formula is C49H62N2. The fourth-order valence-electron chi connectivity index (χ4n) is 7.38. The maximum Gasteiger partial charge on any atom is 0.0520 e. The average Bonchev–Trinajstić information content (AvgIpc) is 3.07. The molecule has 0 radical (unpaired) electrons. The lowest BCUT2D eigenvalue weighted by atomic mass is 9.84. The van der Waals surface area contributed by atoms with Crippen molar-refractivity contribution in [2.75, 3.05) is 9.80 Å². The zero-order valence-electron chi connectivity index (χ0n) is 34.0. The molecular weight excluding hydrogens is 617 g/mol. The highest BCUT2D eigenvalue weighted by Gasteiger charge is 2.25. The second-order valence-electron chi connectivity index (χ2n) is 17.2. The molecule has 4 aromatic rings. The van der Waals surface area contributed by atoms with Crippen LogP contribution >= 0.6 is 0 Å².